The number of amides is 1. The molecule has 1 aromatic carbocycles. The van der Waals surface area contributed by atoms with Crippen LogP contribution in [0.25, 0.3) is 0 Å². The molecule has 0 unspecified atom stereocenters. The molecule has 0 aliphatic carbocycles. The molecule has 6 nitrogen and oxygen atoms in total. The topological polar surface area (TPSA) is 75.7 Å². The first-order chi connectivity index (χ1) is 11.3. The zero-order valence-corrected chi connectivity index (χ0v) is 15.6. The lowest BCUT2D eigenvalue weighted by atomic mass is 10.2. The van der Waals surface area contributed by atoms with Gasteiger partial charge in [0.15, 0.2) is 0 Å². The average molecular weight is 395 g/mol. The molecule has 1 N–H and O–H groups in total. The molecule has 1 amide bonds. The summed E-state index contributed by atoms with van der Waals surface area (Å²) in [5.41, 5.74) is 0. The molecular formula is C15H20Cl2N2O4S. The van der Waals surface area contributed by atoms with Crippen LogP contribution in [0.2, 0.25) is 10.0 Å². The molecule has 0 aromatic heterocycles. The molecule has 24 heavy (non-hydrogen) atoms. The lowest BCUT2D eigenvalue weighted by molar-refractivity contribution is -0.121. The summed E-state index contributed by atoms with van der Waals surface area (Å²) in [6, 6.07) is 4.21. The minimum Gasteiger partial charge on any atom is -0.376 e. The zero-order valence-electron chi connectivity index (χ0n) is 13.3. The van der Waals surface area contributed by atoms with Crippen LogP contribution in [0, 0.1) is 0 Å². The zero-order chi connectivity index (χ0) is 17.7. The van der Waals surface area contributed by atoms with Gasteiger partial charge < -0.3 is 10.1 Å². The predicted molar refractivity (Wildman–Crippen MR) is 92.9 cm³/mol. The highest BCUT2D eigenvalue weighted by atomic mass is 35.5. The summed E-state index contributed by atoms with van der Waals surface area (Å²) in [6.07, 6.45) is 1.88. The van der Waals surface area contributed by atoms with Crippen LogP contribution in [-0.2, 0) is 19.6 Å². The number of likely N-dealkylation sites (N-methyl/N-ethyl adjacent to an activating group) is 1. The number of rotatable bonds is 7. The fourth-order valence-corrected chi connectivity index (χ4v) is 4.57. The first kappa shape index (κ1) is 19.5. The number of sulfonamides is 1. The van der Waals surface area contributed by atoms with Crippen molar-refractivity contribution in [3.05, 3.63) is 28.2 Å². The van der Waals surface area contributed by atoms with Crippen molar-refractivity contribution in [2.45, 2.75) is 30.8 Å². The van der Waals surface area contributed by atoms with E-state index in [-0.39, 0.29) is 40.0 Å². The normalized spacial score (nSPS) is 18.1. The fourth-order valence-electron chi connectivity index (χ4n) is 2.43. The second kappa shape index (κ2) is 8.49. The van der Waals surface area contributed by atoms with Crippen molar-refractivity contribution >= 4 is 39.1 Å². The number of carbonyl (C=O) groups is 1. The summed E-state index contributed by atoms with van der Waals surface area (Å²) in [5, 5.41) is 3.04. The first-order valence-electron chi connectivity index (χ1n) is 7.68. The van der Waals surface area contributed by atoms with Gasteiger partial charge in [0.25, 0.3) is 0 Å². The number of nitrogens with zero attached hydrogens (tertiary/aromatic N) is 1. The van der Waals surface area contributed by atoms with E-state index < -0.39 is 10.0 Å². The number of halogens is 2. The Hall–Kier alpha value is -0.860. The minimum atomic E-state index is -3.91. The highest BCUT2D eigenvalue weighted by Crippen LogP contribution is 2.27. The van der Waals surface area contributed by atoms with Crippen LogP contribution in [-0.4, -0.2) is 51.0 Å². The number of hydrogen-bond acceptors (Lipinski definition) is 4. The van der Waals surface area contributed by atoms with Gasteiger partial charge in [0, 0.05) is 24.7 Å². The second-order valence-corrected chi connectivity index (χ2v) is 8.20. The van der Waals surface area contributed by atoms with Gasteiger partial charge in [0.2, 0.25) is 15.9 Å². The quantitative estimate of drug-likeness (QED) is 0.769. The van der Waals surface area contributed by atoms with Crippen molar-refractivity contribution in [3.8, 4) is 0 Å². The van der Waals surface area contributed by atoms with Gasteiger partial charge in [-0.1, -0.05) is 30.1 Å². The monoisotopic (exact) mass is 394 g/mol. The Morgan fingerprint density at radius 2 is 2.17 bits per heavy atom. The molecule has 1 aliphatic rings. The van der Waals surface area contributed by atoms with E-state index in [4.69, 9.17) is 27.9 Å². The van der Waals surface area contributed by atoms with Gasteiger partial charge >= 0.3 is 0 Å². The number of hydrogen-bond donors (Lipinski definition) is 1. The average Bonchev–Trinajstić information content (AvgIpc) is 3.06. The van der Waals surface area contributed by atoms with Crippen LogP contribution in [0.5, 0.6) is 0 Å². The summed E-state index contributed by atoms with van der Waals surface area (Å²) >= 11 is 11.8. The van der Waals surface area contributed by atoms with Gasteiger partial charge in [0.1, 0.15) is 4.90 Å². The van der Waals surface area contributed by atoms with Crippen molar-refractivity contribution < 1.29 is 17.9 Å². The van der Waals surface area contributed by atoms with E-state index in [1.807, 2.05) is 0 Å². The summed E-state index contributed by atoms with van der Waals surface area (Å²) in [6.45, 7) is 2.59. The fraction of sp³-hybridized carbons (Fsp3) is 0.533. The van der Waals surface area contributed by atoms with Crippen LogP contribution in [0.3, 0.4) is 0 Å². The van der Waals surface area contributed by atoms with Gasteiger partial charge in [-0.05, 0) is 31.0 Å². The minimum absolute atomic E-state index is 0.00279. The summed E-state index contributed by atoms with van der Waals surface area (Å²) in [5.74, 6) is -0.380. The highest BCUT2D eigenvalue weighted by Gasteiger charge is 2.28. The Kier molecular flexibility index (Phi) is 6.88. The van der Waals surface area contributed by atoms with Crippen LogP contribution in [0.15, 0.2) is 23.1 Å². The third-order valence-corrected chi connectivity index (χ3v) is 6.37. The van der Waals surface area contributed by atoms with Gasteiger partial charge in [-0.3, -0.25) is 4.79 Å². The molecule has 2 rings (SSSR count). The van der Waals surface area contributed by atoms with Gasteiger partial charge in [-0.25, -0.2) is 8.42 Å². The SMILES string of the molecule is CCN(CC(=O)NC[C@H]1CCCO1)S(=O)(=O)c1cc(Cl)ccc1Cl. The van der Waals surface area contributed by atoms with Crippen LogP contribution in [0.4, 0.5) is 0 Å². The maximum atomic E-state index is 12.7. The van der Waals surface area contributed by atoms with E-state index in [2.05, 4.69) is 5.32 Å². The standard InChI is InChI=1S/C15H20Cl2N2O4S/c1-2-19(10-15(20)18-9-12-4-3-7-23-12)24(21,22)14-8-11(16)5-6-13(14)17/h5-6,8,12H,2-4,7,9-10H2,1H3,(H,18,20)/t12-/m1/s1. The summed E-state index contributed by atoms with van der Waals surface area (Å²) < 4.78 is 31.9. The molecule has 1 aromatic rings. The molecule has 0 saturated carbocycles. The first-order valence-corrected chi connectivity index (χ1v) is 9.87. The molecule has 9 heteroatoms. The van der Waals surface area contributed by atoms with E-state index in [1.54, 1.807) is 6.92 Å². The number of carbonyl (C=O) groups excluding carboxylic acids is 1. The molecule has 1 fully saturated rings. The van der Waals surface area contributed by atoms with Gasteiger partial charge in [-0.2, -0.15) is 4.31 Å². The lowest BCUT2D eigenvalue weighted by Gasteiger charge is -2.21. The van der Waals surface area contributed by atoms with E-state index in [1.165, 1.54) is 18.2 Å². The Morgan fingerprint density at radius 1 is 1.42 bits per heavy atom. The van der Waals surface area contributed by atoms with E-state index in [9.17, 15) is 13.2 Å². The number of benzene rings is 1. The molecule has 0 radical (unpaired) electrons. The largest absolute Gasteiger partial charge is 0.376 e. The van der Waals surface area contributed by atoms with Crippen molar-refractivity contribution in [1.29, 1.82) is 0 Å². The third-order valence-electron chi connectivity index (χ3n) is 3.73. The van der Waals surface area contributed by atoms with Crippen LogP contribution in [0.1, 0.15) is 19.8 Å². The maximum absolute atomic E-state index is 12.7. The summed E-state index contributed by atoms with van der Waals surface area (Å²) in [7, 11) is -3.91. The highest BCUT2D eigenvalue weighted by molar-refractivity contribution is 7.89. The van der Waals surface area contributed by atoms with E-state index in [0.717, 1.165) is 17.1 Å². The molecule has 134 valence electrons. The molecule has 1 heterocycles. The van der Waals surface area contributed by atoms with Crippen molar-refractivity contribution in [1.82, 2.24) is 9.62 Å². The molecule has 1 saturated heterocycles. The van der Waals surface area contributed by atoms with E-state index in [0.29, 0.717) is 13.2 Å². The smallest absolute Gasteiger partial charge is 0.245 e. The van der Waals surface area contributed by atoms with Crippen LogP contribution >= 0.6 is 23.2 Å². The van der Waals surface area contributed by atoms with Gasteiger partial charge in [0.05, 0.1) is 17.7 Å². The van der Waals surface area contributed by atoms with E-state index >= 15 is 0 Å². The predicted octanol–water partition coefficient (Wildman–Crippen LogP) is 2.30. The summed E-state index contributed by atoms with van der Waals surface area (Å²) in [4.78, 5) is 12.0. The molecule has 0 spiro atoms. The second-order valence-electron chi connectivity index (χ2n) is 5.45. The van der Waals surface area contributed by atoms with Crippen molar-refractivity contribution in [3.63, 3.8) is 0 Å². The maximum Gasteiger partial charge on any atom is 0.245 e. The Balaban J connectivity index is 2.05. The molecule has 0 bridgehead atoms. The lowest BCUT2D eigenvalue weighted by Crippen LogP contribution is -2.42. The third kappa shape index (κ3) is 4.83. The van der Waals surface area contributed by atoms with Crippen molar-refractivity contribution in [2.24, 2.45) is 0 Å². The molecular weight excluding hydrogens is 375 g/mol. The Bertz CT molecular complexity index is 691. The van der Waals surface area contributed by atoms with Crippen LogP contribution < -0.4 is 5.32 Å². The molecule has 1 atom stereocenters. The number of ether oxygens (including phenoxy) is 1. The molecule has 1 aliphatic heterocycles. The number of nitrogens with one attached hydrogen (secondary N) is 1. The van der Waals surface area contributed by atoms with Gasteiger partial charge in [-0.15, -0.1) is 0 Å². The Labute approximate surface area is 152 Å². The Morgan fingerprint density at radius 3 is 2.79 bits per heavy atom. The van der Waals surface area contributed by atoms with Crippen molar-refractivity contribution in [2.75, 3.05) is 26.2 Å².